The first kappa shape index (κ1) is 25.5. The van der Waals surface area contributed by atoms with Gasteiger partial charge in [0.05, 0.1) is 26.1 Å². The number of alkyl halides is 3. The number of amides is 1. The predicted octanol–water partition coefficient (Wildman–Crippen LogP) is 4.39. The molecule has 0 atom stereocenters. The molecule has 38 heavy (non-hydrogen) atoms. The number of halogens is 3. The van der Waals surface area contributed by atoms with Gasteiger partial charge in [0.2, 0.25) is 0 Å². The van der Waals surface area contributed by atoms with Gasteiger partial charge in [0.1, 0.15) is 5.56 Å². The number of hydrogen-bond acceptors (Lipinski definition) is 6. The van der Waals surface area contributed by atoms with Crippen LogP contribution in [0.5, 0.6) is 11.5 Å². The summed E-state index contributed by atoms with van der Waals surface area (Å²) in [5.41, 5.74) is 0.439. The predicted molar refractivity (Wildman–Crippen MR) is 134 cm³/mol. The fraction of sp³-hybridized carbons (Fsp3) is 0.296. The van der Waals surface area contributed by atoms with Crippen LogP contribution >= 0.6 is 0 Å². The summed E-state index contributed by atoms with van der Waals surface area (Å²) < 4.78 is 53.3. The van der Waals surface area contributed by atoms with Gasteiger partial charge in [0.25, 0.3) is 5.91 Å². The first-order chi connectivity index (χ1) is 18.3. The number of methoxy groups -OCH3 is 2. The van der Waals surface area contributed by atoms with Gasteiger partial charge in [-0.05, 0) is 29.8 Å². The van der Waals surface area contributed by atoms with Crippen LogP contribution in [-0.4, -0.2) is 70.7 Å². The monoisotopic (exact) mass is 525 g/mol. The third kappa shape index (κ3) is 5.01. The second-order valence-corrected chi connectivity index (χ2v) is 8.94. The quantitative estimate of drug-likeness (QED) is 0.372. The largest absolute Gasteiger partial charge is 0.493 e. The van der Waals surface area contributed by atoms with E-state index in [-0.39, 0.29) is 16.9 Å². The van der Waals surface area contributed by atoms with Crippen molar-refractivity contribution in [2.45, 2.75) is 12.7 Å². The molecule has 3 heterocycles. The van der Waals surface area contributed by atoms with Crippen molar-refractivity contribution < 1.29 is 27.4 Å². The Balaban J connectivity index is 1.45. The number of hydrogen-bond donors (Lipinski definition) is 0. The molecule has 1 saturated heterocycles. The lowest BCUT2D eigenvalue weighted by Crippen LogP contribution is -2.48. The molecule has 0 aliphatic carbocycles. The molecular formula is C27H26F3N5O3. The Hall–Kier alpha value is -4.12. The lowest BCUT2D eigenvalue weighted by molar-refractivity contribution is -0.142. The van der Waals surface area contributed by atoms with Gasteiger partial charge in [-0.3, -0.25) is 9.69 Å². The van der Waals surface area contributed by atoms with Crippen LogP contribution in [0.4, 0.5) is 13.2 Å². The first-order valence-electron chi connectivity index (χ1n) is 12.0. The molecule has 0 saturated carbocycles. The maximum atomic E-state index is 14.0. The number of benzene rings is 2. The third-order valence-corrected chi connectivity index (χ3v) is 6.58. The topological polar surface area (TPSA) is 72.2 Å². The third-order valence-electron chi connectivity index (χ3n) is 6.58. The lowest BCUT2D eigenvalue weighted by Gasteiger charge is -2.34. The summed E-state index contributed by atoms with van der Waals surface area (Å²) in [5.74, 6) is 0.378. The smallest absolute Gasteiger partial charge is 0.433 e. The van der Waals surface area contributed by atoms with Crippen LogP contribution in [0.2, 0.25) is 0 Å². The van der Waals surface area contributed by atoms with E-state index in [1.54, 1.807) is 23.1 Å². The summed E-state index contributed by atoms with van der Waals surface area (Å²) in [7, 11) is 2.90. The summed E-state index contributed by atoms with van der Waals surface area (Å²) in [6.07, 6.45) is -3.56. The number of ether oxygens (including phenoxy) is 2. The van der Waals surface area contributed by atoms with Crippen LogP contribution in [0.3, 0.4) is 0 Å². The average molecular weight is 526 g/mol. The van der Waals surface area contributed by atoms with E-state index in [1.165, 1.54) is 19.8 Å². The molecule has 1 amide bonds. The summed E-state index contributed by atoms with van der Waals surface area (Å²) in [6, 6.07) is 15.7. The average Bonchev–Trinajstić information content (AvgIpc) is 3.36. The number of fused-ring (bicyclic) bond motifs is 1. The number of carbonyl (C=O) groups excluding carboxylic acids is 1. The highest BCUT2D eigenvalue weighted by Crippen LogP contribution is 2.36. The Kier molecular flexibility index (Phi) is 6.94. The summed E-state index contributed by atoms with van der Waals surface area (Å²) >= 11 is 0. The molecule has 8 nitrogen and oxygen atoms in total. The van der Waals surface area contributed by atoms with Crippen molar-refractivity contribution >= 4 is 11.6 Å². The Labute approximate surface area is 217 Å². The summed E-state index contributed by atoms with van der Waals surface area (Å²) in [6.45, 7) is 2.97. The molecule has 2 aromatic heterocycles. The standard InChI is InChI=1S/C27H26F3N5O3/c1-37-22-9-8-19(14-23(22)38-2)21-15-24(27(28,29)30)35-25(32-21)20(16-31-35)26(36)34-12-10-33(11-13-34)17-18-6-4-3-5-7-18/h3-9,14-16H,10-13,17H2,1-2H3. The van der Waals surface area contributed by atoms with Crippen LogP contribution < -0.4 is 9.47 Å². The van der Waals surface area contributed by atoms with Crippen molar-refractivity contribution in [1.82, 2.24) is 24.4 Å². The van der Waals surface area contributed by atoms with E-state index < -0.39 is 17.8 Å². The number of piperazine rings is 1. The second kappa shape index (κ2) is 10.3. The molecule has 2 aromatic carbocycles. The fourth-order valence-corrected chi connectivity index (χ4v) is 4.58. The highest BCUT2D eigenvalue weighted by molar-refractivity contribution is 6.00. The minimum Gasteiger partial charge on any atom is -0.493 e. The molecule has 0 N–H and O–H groups in total. The Bertz CT molecular complexity index is 1450. The molecule has 4 aromatic rings. The summed E-state index contributed by atoms with van der Waals surface area (Å²) in [4.78, 5) is 21.7. The SMILES string of the molecule is COc1ccc(-c2cc(C(F)(F)F)n3ncc(C(=O)N4CCN(Cc5ccccc5)CC4)c3n2)cc1OC. The minimum atomic E-state index is -4.72. The number of aromatic nitrogens is 3. The van der Waals surface area contributed by atoms with Crippen molar-refractivity contribution in [1.29, 1.82) is 0 Å². The molecular weight excluding hydrogens is 499 g/mol. The summed E-state index contributed by atoms with van der Waals surface area (Å²) in [5, 5.41) is 3.90. The molecule has 1 fully saturated rings. The molecule has 0 radical (unpaired) electrons. The number of carbonyl (C=O) groups is 1. The van der Waals surface area contributed by atoms with Crippen LogP contribution in [0, 0.1) is 0 Å². The minimum absolute atomic E-state index is 0.0225. The van der Waals surface area contributed by atoms with Crippen molar-refractivity contribution in [2.75, 3.05) is 40.4 Å². The highest BCUT2D eigenvalue weighted by Gasteiger charge is 2.36. The van der Waals surface area contributed by atoms with E-state index in [1.807, 2.05) is 18.2 Å². The van der Waals surface area contributed by atoms with Crippen LogP contribution in [-0.2, 0) is 12.7 Å². The van der Waals surface area contributed by atoms with Crippen molar-refractivity contribution in [3.8, 4) is 22.8 Å². The van der Waals surface area contributed by atoms with E-state index in [2.05, 4.69) is 27.1 Å². The highest BCUT2D eigenvalue weighted by atomic mass is 19.4. The second-order valence-electron chi connectivity index (χ2n) is 8.94. The van der Waals surface area contributed by atoms with Crippen molar-refractivity contribution in [2.24, 2.45) is 0 Å². The van der Waals surface area contributed by atoms with Crippen LogP contribution in [0.1, 0.15) is 21.6 Å². The van der Waals surface area contributed by atoms with Gasteiger partial charge in [-0.25, -0.2) is 9.50 Å². The Morgan fingerprint density at radius 1 is 0.947 bits per heavy atom. The van der Waals surface area contributed by atoms with Gasteiger partial charge in [-0.15, -0.1) is 0 Å². The molecule has 0 spiro atoms. The molecule has 198 valence electrons. The van der Waals surface area contributed by atoms with E-state index >= 15 is 0 Å². The van der Waals surface area contributed by atoms with Crippen LogP contribution in [0.25, 0.3) is 16.9 Å². The van der Waals surface area contributed by atoms with Gasteiger partial charge >= 0.3 is 6.18 Å². The number of nitrogens with zero attached hydrogens (tertiary/aromatic N) is 5. The molecule has 0 unspecified atom stereocenters. The van der Waals surface area contributed by atoms with E-state index in [4.69, 9.17) is 9.47 Å². The molecule has 5 rings (SSSR count). The van der Waals surface area contributed by atoms with E-state index in [9.17, 15) is 18.0 Å². The van der Waals surface area contributed by atoms with Gasteiger partial charge in [0.15, 0.2) is 22.8 Å². The normalized spacial score (nSPS) is 14.6. The van der Waals surface area contributed by atoms with Gasteiger partial charge < -0.3 is 14.4 Å². The van der Waals surface area contributed by atoms with Gasteiger partial charge in [-0.2, -0.15) is 18.3 Å². The van der Waals surface area contributed by atoms with E-state index in [0.29, 0.717) is 47.8 Å². The first-order valence-corrected chi connectivity index (χ1v) is 12.0. The zero-order valence-electron chi connectivity index (χ0n) is 20.9. The Morgan fingerprint density at radius 2 is 1.66 bits per heavy atom. The molecule has 1 aliphatic rings. The zero-order valence-corrected chi connectivity index (χ0v) is 20.9. The van der Waals surface area contributed by atoms with Crippen molar-refractivity contribution in [3.63, 3.8) is 0 Å². The van der Waals surface area contributed by atoms with Crippen molar-refractivity contribution in [3.05, 3.63) is 77.6 Å². The van der Waals surface area contributed by atoms with Gasteiger partial charge in [0, 0.05) is 38.3 Å². The van der Waals surface area contributed by atoms with Crippen LogP contribution in [0.15, 0.2) is 60.8 Å². The Morgan fingerprint density at radius 3 is 2.32 bits per heavy atom. The maximum Gasteiger partial charge on any atom is 0.433 e. The lowest BCUT2D eigenvalue weighted by atomic mass is 10.1. The molecule has 1 aliphatic heterocycles. The maximum absolute atomic E-state index is 14.0. The number of rotatable bonds is 6. The van der Waals surface area contributed by atoms with Gasteiger partial charge in [-0.1, -0.05) is 30.3 Å². The fourth-order valence-electron chi connectivity index (χ4n) is 4.58. The molecule has 0 bridgehead atoms. The van der Waals surface area contributed by atoms with E-state index in [0.717, 1.165) is 18.8 Å². The zero-order chi connectivity index (χ0) is 26.9. The molecule has 11 heteroatoms.